The van der Waals surface area contributed by atoms with Crippen molar-refractivity contribution in [2.24, 2.45) is 23.2 Å². The van der Waals surface area contributed by atoms with Crippen molar-refractivity contribution in [3.63, 3.8) is 0 Å². The summed E-state index contributed by atoms with van der Waals surface area (Å²) in [5.74, 6) is 2.65. The zero-order valence-corrected chi connectivity index (χ0v) is 13.0. The molecule has 16 heavy (non-hydrogen) atoms. The maximum Gasteiger partial charge on any atom is 0.0604 e. The average Bonchev–Trinajstić information content (AvgIpc) is 2.64. The topological polar surface area (TPSA) is 9.23 Å². The minimum absolute atomic E-state index is 0.546. The molecule has 2 heteroatoms. The van der Waals surface area contributed by atoms with Gasteiger partial charge in [0.15, 0.2) is 0 Å². The summed E-state index contributed by atoms with van der Waals surface area (Å²) in [6, 6.07) is 0. The van der Waals surface area contributed by atoms with E-state index in [9.17, 15) is 0 Å². The van der Waals surface area contributed by atoms with Crippen molar-refractivity contribution in [2.45, 2.75) is 52.1 Å². The monoisotopic (exact) mass is 336 g/mol. The minimum atomic E-state index is 0.546. The smallest absolute Gasteiger partial charge is 0.0604 e. The number of hydrogen-bond donors (Lipinski definition) is 0. The molecular formula is C14H25IO. The van der Waals surface area contributed by atoms with E-state index in [4.69, 9.17) is 4.74 Å². The molecule has 0 heterocycles. The third kappa shape index (κ3) is 2.05. The van der Waals surface area contributed by atoms with Crippen LogP contribution in [-0.4, -0.2) is 17.6 Å². The van der Waals surface area contributed by atoms with Gasteiger partial charge in [-0.15, -0.1) is 0 Å². The Labute approximate surface area is 114 Å². The van der Waals surface area contributed by atoms with Crippen molar-refractivity contribution in [1.82, 2.24) is 0 Å². The molecule has 5 unspecified atom stereocenters. The zero-order valence-electron chi connectivity index (χ0n) is 10.8. The summed E-state index contributed by atoms with van der Waals surface area (Å²) in [7, 11) is 1.91. The lowest BCUT2D eigenvalue weighted by Crippen LogP contribution is -2.42. The molecule has 0 saturated heterocycles. The number of fused-ring (bicyclic) bond motifs is 1. The molecule has 94 valence electrons. The van der Waals surface area contributed by atoms with Gasteiger partial charge in [0.25, 0.3) is 0 Å². The number of methoxy groups -OCH3 is 1. The highest BCUT2D eigenvalue weighted by molar-refractivity contribution is 14.1. The first-order valence-electron chi connectivity index (χ1n) is 6.72. The number of rotatable bonds is 3. The van der Waals surface area contributed by atoms with E-state index in [1.54, 1.807) is 0 Å². The quantitative estimate of drug-likeness (QED) is 0.552. The van der Waals surface area contributed by atoms with Gasteiger partial charge < -0.3 is 4.74 Å². The van der Waals surface area contributed by atoms with Crippen LogP contribution in [0.1, 0.15) is 46.0 Å². The van der Waals surface area contributed by atoms with E-state index in [1.165, 1.54) is 36.5 Å². The average molecular weight is 336 g/mol. The van der Waals surface area contributed by atoms with Crippen LogP contribution in [0.4, 0.5) is 0 Å². The fourth-order valence-electron chi connectivity index (χ4n) is 4.48. The molecule has 2 aliphatic carbocycles. The van der Waals surface area contributed by atoms with E-state index < -0.39 is 0 Å². The third-order valence-electron chi connectivity index (χ3n) is 5.37. The van der Waals surface area contributed by atoms with Crippen LogP contribution in [0.3, 0.4) is 0 Å². The number of hydrogen-bond acceptors (Lipinski definition) is 1. The molecule has 0 bridgehead atoms. The molecule has 0 amide bonds. The van der Waals surface area contributed by atoms with Gasteiger partial charge in [0.2, 0.25) is 0 Å². The molecule has 2 rings (SSSR count). The molecule has 0 spiro atoms. The van der Waals surface area contributed by atoms with Crippen molar-refractivity contribution >= 4 is 22.6 Å². The van der Waals surface area contributed by atoms with Gasteiger partial charge in [-0.05, 0) is 48.9 Å². The number of alkyl halides is 1. The fraction of sp³-hybridized carbons (Fsp3) is 1.00. The van der Waals surface area contributed by atoms with E-state index in [0.717, 1.165) is 17.8 Å². The van der Waals surface area contributed by atoms with E-state index in [2.05, 4.69) is 36.4 Å². The number of ether oxygens (including phenoxy) is 1. The van der Waals surface area contributed by atoms with Crippen molar-refractivity contribution < 1.29 is 4.74 Å². The molecule has 5 atom stereocenters. The Morgan fingerprint density at radius 1 is 1.38 bits per heavy atom. The predicted molar refractivity (Wildman–Crippen MR) is 77.0 cm³/mol. The maximum atomic E-state index is 5.73. The molecule has 2 aliphatic rings. The van der Waals surface area contributed by atoms with Gasteiger partial charge >= 0.3 is 0 Å². The summed E-state index contributed by atoms with van der Waals surface area (Å²) >= 11 is 2.56. The summed E-state index contributed by atoms with van der Waals surface area (Å²) in [5.41, 5.74) is 0.573. The van der Waals surface area contributed by atoms with Gasteiger partial charge in [-0.1, -0.05) is 42.9 Å². The normalized spacial score (nSPS) is 45.4. The van der Waals surface area contributed by atoms with Crippen molar-refractivity contribution in [2.75, 3.05) is 11.5 Å². The predicted octanol–water partition coefficient (Wildman–Crippen LogP) is 4.29. The van der Waals surface area contributed by atoms with Crippen molar-refractivity contribution in [1.29, 1.82) is 0 Å². The van der Waals surface area contributed by atoms with E-state index in [-0.39, 0.29) is 0 Å². The summed E-state index contributed by atoms with van der Waals surface area (Å²) in [6.07, 6.45) is 7.48. The van der Waals surface area contributed by atoms with Crippen LogP contribution >= 0.6 is 22.6 Å². The highest BCUT2D eigenvalue weighted by Gasteiger charge is 2.52. The molecule has 0 N–H and O–H groups in total. The Hall–Kier alpha value is 0.690. The lowest BCUT2D eigenvalue weighted by atomic mass is 9.62. The first kappa shape index (κ1) is 13.1. The lowest BCUT2D eigenvalue weighted by Gasteiger charge is -2.46. The Kier molecular flexibility index (Phi) is 4.21. The van der Waals surface area contributed by atoms with Crippen LogP contribution in [0.5, 0.6) is 0 Å². The standard InChI is InChI=1S/C14H25IO/c1-10(9-15)11-6-7-12-13(16-3)5-4-8-14(11,12)2/h10-13H,4-9H2,1-3H3. The largest absolute Gasteiger partial charge is 0.381 e. The van der Waals surface area contributed by atoms with Crippen molar-refractivity contribution in [3.05, 3.63) is 0 Å². The van der Waals surface area contributed by atoms with E-state index in [0.29, 0.717) is 11.5 Å². The molecule has 2 saturated carbocycles. The summed E-state index contributed by atoms with van der Waals surface area (Å²) in [4.78, 5) is 0. The Bertz CT molecular complexity index is 235. The molecular weight excluding hydrogens is 311 g/mol. The van der Waals surface area contributed by atoms with Crippen molar-refractivity contribution in [3.8, 4) is 0 Å². The van der Waals surface area contributed by atoms with Crippen LogP contribution in [0, 0.1) is 23.2 Å². The summed E-state index contributed by atoms with van der Waals surface area (Å²) < 4.78 is 7.04. The zero-order chi connectivity index (χ0) is 11.8. The molecule has 0 aromatic carbocycles. The second kappa shape index (κ2) is 5.13. The van der Waals surface area contributed by atoms with E-state index in [1.807, 2.05) is 7.11 Å². The lowest BCUT2D eigenvalue weighted by molar-refractivity contribution is -0.0480. The molecule has 2 fully saturated rings. The van der Waals surface area contributed by atoms with Gasteiger partial charge in [0, 0.05) is 11.5 Å². The first-order valence-corrected chi connectivity index (χ1v) is 8.24. The second-order valence-corrected chi connectivity index (χ2v) is 6.97. The fourth-order valence-corrected chi connectivity index (χ4v) is 5.10. The highest BCUT2D eigenvalue weighted by atomic mass is 127. The van der Waals surface area contributed by atoms with Gasteiger partial charge in [-0.3, -0.25) is 0 Å². The molecule has 0 aliphatic heterocycles. The first-order chi connectivity index (χ1) is 7.63. The molecule has 0 radical (unpaired) electrons. The highest BCUT2D eigenvalue weighted by Crippen LogP contribution is 2.58. The van der Waals surface area contributed by atoms with Crippen LogP contribution in [0.25, 0.3) is 0 Å². The second-order valence-electron chi connectivity index (χ2n) is 6.09. The van der Waals surface area contributed by atoms with E-state index >= 15 is 0 Å². The van der Waals surface area contributed by atoms with Crippen LogP contribution in [0.15, 0.2) is 0 Å². The van der Waals surface area contributed by atoms with Gasteiger partial charge in [-0.25, -0.2) is 0 Å². The summed E-state index contributed by atoms with van der Waals surface area (Å²) in [5, 5.41) is 0. The summed E-state index contributed by atoms with van der Waals surface area (Å²) in [6.45, 7) is 4.99. The minimum Gasteiger partial charge on any atom is -0.381 e. The van der Waals surface area contributed by atoms with Gasteiger partial charge in [0.1, 0.15) is 0 Å². The van der Waals surface area contributed by atoms with Gasteiger partial charge in [-0.2, -0.15) is 0 Å². The Morgan fingerprint density at radius 2 is 2.12 bits per heavy atom. The molecule has 0 aromatic heterocycles. The third-order valence-corrected chi connectivity index (χ3v) is 6.76. The van der Waals surface area contributed by atoms with Crippen LogP contribution in [-0.2, 0) is 4.74 Å². The number of halogens is 1. The Balaban J connectivity index is 2.17. The maximum absolute atomic E-state index is 5.73. The molecule has 0 aromatic rings. The van der Waals surface area contributed by atoms with Gasteiger partial charge in [0.05, 0.1) is 6.10 Å². The SMILES string of the molecule is COC1CCCC2(C)C(C(C)CI)CCC12. The molecule has 1 nitrogen and oxygen atoms in total. The van der Waals surface area contributed by atoms with Crippen LogP contribution in [0.2, 0.25) is 0 Å². The Morgan fingerprint density at radius 3 is 2.75 bits per heavy atom. The van der Waals surface area contributed by atoms with Crippen LogP contribution < -0.4 is 0 Å².